The van der Waals surface area contributed by atoms with Crippen LogP contribution in [0.4, 0.5) is 24.5 Å². The average Bonchev–Trinajstić information content (AvgIpc) is 3.17. The number of ether oxygens (including phenoxy) is 1. The molecule has 1 saturated heterocycles. The van der Waals surface area contributed by atoms with E-state index in [1.807, 2.05) is 12.1 Å². The highest BCUT2D eigenvalue weighted by Crippen LogP contribution is 2.35. The number of anilines is 2. The highest BCUT2D eigenvalue weighted by Gasteiger charge is 2.32. The number of hydrogen-bond acceptors (Lipinski definition) is 5. The van der Waals surface area contributed by atoms with Gasteiger partial charge in [0.15, 0.2) is 0 Å². The Morgan fingerprint density at radius 1 is 1.16 bits per heavy atom. The molecule has 0 amide bonds. The maximum atomic E-state index is 12.5. The van der Waals surface area contributed by atoms with Gasteiger partial charge in [-0.3, -0.25) is 9.88 Å². The van der Waals surface area contributed by atoms with Crippen molar-refractivity contribution in [3.63, 3.8) is 0 Å². The number of fused-ring (bicyclic) bond motifs is 1. The lowest BCUT2D eigenvalue weighted by Gasteiger charge is -2.32. The Morgan fingerprint density at radius 3 is 2.66 bits per heavy atom. The van der Waals surface area contributed by atoms with E-state index in [1.165, 1.54) is 4.90 Å². The molecular formula is C23H26F3N3O3. The number of carboxylic acids is 1. The second-order valence-electron chi connectivity index (χ2n) is 8.45. The van der Waals surface area contributed by atoms with E-state index in [2.05, 4.69) is 9.88 Å². The summed E-state index contributed by atoms with van der Waals surface area (Å²) in [5.41, 5.74) is 4.13. The number of aromatic carboxylic acids is 1. The molecule has 6 nitrogen and oxygen atoms in total. The highest BCUT2D eigenvalue weighted by atomic mass is 19.4. The summed E-state index contributed by atoms with van der Waals surface area (Å²) >= 11 is 0. The standard InChI is InChI=1S/C23H26F3N3O3/c24-23(25,26)15-28-6-3-16(4-7-28)13-32-14-17-9-20(12-27-11-17)29-8-5-18-10-19(22(30)31)1-2-21(18)29/h1-2,9-12,16H,3-8,13-15H2,(H,30,31). The Balaban J connectivity index is 1.29. The van der Waals surface area contributed by atoms with E-state index in [0.29, 0.717) is 39.1 Å². The molecule has 0 spiro atoms. The first kappa shape index (κ1) is 22.5. The Bertz CT molecular complexity index is 959. The van der Waals surface area contributed by atoms with E-state index < -0.39 is 18.7 Å². The topological polar surface area (TPSA) is 65.9 Å². The molecule has 4 rings (SSSR count). The van der Waals surface area contributed by atoms with Gasteiger partial charge in [-0.05, 0) is 73.7 Å². The van der Waals surface area contributed by atoms with Gasteiger partial charge in [-0.25, -0.2) is 4.79 Å². The zero-order valence-electron chi connectivity index (χ0n) is 17.6. The summed E-state index contributed by atoms with van der Waals surface area (Å²) in [4.78, 5) is 19.1. The van der Waals surface area contributed by atoms with Crippen LogP contribution in [0.3, 0.4) is 0 Å². The Labute approximate surface area is 184 Å². The van der Waals surface area contributed by atoms with Crippen LogP contribution in [-0.4, -0.2) is 59.9 Å². The molecule has 0 bridgehead atoms. The lowest BCUT2D eigenvalue weighted by atomic mass is 9.98. The minimum atomic E-state index is -4.14. The van der Waals surface area contributed by atoms with E-state index in [-0.39, 0.29) is 11.5 Å². The van der Waals surface area contributed by atoms with Crippen molar-refractivity contribution in [3.05, 3.63) is 53.3 Å². The van der Waals surface area contributed by atoms with Crippen LogP contribution in [0.15, 0.2) is 36.7 Å². The fourth-order valence-corrected chi connectivity index (χ4v) is 4.41. The molecule has 0 aliphatic carbocycles. The fourth-order valence-electron chi connectivity index (χ4n) is 4.41. The maximum Gasteiger partial charge on any atom is 0.401 e. The zero-order chi connectivity index (χ0) is 22.7. The quantitative estimate of drug-likeness (QED) is 0.681. The van der Waals surface area contributed by atoms with Crippen molar-refractivity contribution >= 4 is 17.3 Å². The van der Waals surface area contributed by atoms with Crippen LogP contribution in [0.5, 0.6) is 0 Å². The highest BCUT2D eigenvalue weighted by molar-refractivity contribution is 5.89. The minimum absolute atomic E-state index is 0.268. The molecule has 9 heteroatoms. The number of piperidine rings is 1. The van der Waals surface area contributed by atoms with Crippen molar-refractivity contribution in [3.8, 4) is 0 Å². The van der Waals surface area contributed by atoms with Gasteiger partial charge in [0, 0.05) is 25.0 Å². The van der Waals surface area contributed by atoms with E-state index in [9.17, 15) is 23.1 Å². The fraction of sp³-hybridized carbons (Fsp3) is 0.478. The zero-order valence-corrected chi connectivity index (χ0v) is 17.6. The third kappa shape index (κ3) is 5.58. The number of halogens is 3. The minimum Gasteiger partial charge on any atom is -0.478 e. The van der Waals surface area contributed by atoms with Gasteiger partial charge in [0.25, 0.3) is 0 Å². The normalized spacial score (nSPS) is 17.5. The number of nitrogens with zero attached hydrogens (tertiary/aromatic N) is 3. The average molecular weight is 449 g/mol. The SMILES string of the molecule is O=C(O)c1ccc2c(c1)CCN2c1cncc(COCC2CCN(CC(F)(F)F)CC2)c1. The molecule has 1 aromatic heterocycles. The van der Waals surface area contributed by atoms with Crippen LogP contribution in [0.1, 0.15) is 34.3 Å². The number of aromatic nitrogens is 1. The molecular weight excluding hydrogens is 423 g/mol. The first-order valence-corrected chi connectivity index (χ1v) is 10.7. The molecule has 0 unspecified atom stereocenters. The molecule has 32 heavy (non-hydrogen) atoms. The van der Waals surface area contributed by atoms with Crippen molar-refractivity contribution in [1.29, 1.82) is 0 Å². The van der Waals surface area contributed by atoms with Gasteiger partial charge in [0.1, 0.15) is 0 Å². The number of carboxylic acid groups (broad SMARTS) is 1. The summed E-state index contributed by atoms with van der Waals surface area (Å²) in [6.45, 7) is 1.72. The Kier molecular flexibility index (Phi) is 6.66. The molecule has 0 radical (unpaired) electrons. The number of likely N-dealkylation sites (tertiary alicyclic amines) is 1. The van der Waals surface area contributed by atoms with Gasteiger partial charge in [-0.2, -0.15) is 13.2 Å². The maximum absolute atomic E-state index is 12.5. The summed E-state index contributed by atoms with van der Waals surface area (Å²) in [6.07, 6.45) is 1.56. The van der Waals surface area contributed by atoms with E-state index in [0.717, 1.165) is 35.5 Å². The molecule has 1 fully saturated rings. The van der Waals surface area contributed by atoms with E-state index in [4.69, 9.17) is 4.74 Å². The molecule has 0 saturated carbocycles. The second-order valence-corrected chi connectivity index (χ2v) is 8.45. The smallest absolute Gasteiger partial charge is 0.401 e. The van der Waals surface area contributed by atoms with Crippen LogP contribution < -0.4 is 4.90 Å². The van der Waals surface area contributed by atoms with Crippen LogP contribution >= 0.6 is 0 Å². The van der Waals surface area contributed by atoms with Crippen LogP contribution in [0.25, 0.3) is 0 Å². The molecule has 0 atom stereocenters. The van der Waals surface area contributed by atoms with Crippen molar-refractivity contribution in [2.45, 2.75) is 32.0 Å². The van der Waals surface area contributed by atoms with Crippen molar-refractivity contribution in [2.75, 3.05) is 37.7 Å². The Hall–Kier alpha value is -2.65. The number of alkyl halides is 3. The summed E-state index contributed by atoms with van der Waals surface area (Å²) in [6, 6.07) is 7.18. The third-order valence-corrected chi connectivity index (χ3v) is 6.05. The number of pyridine rings is 1. The van der Waals surface area contributed by atoms with Crippen LogP contribution in [0, 0.1) is 5.92 Å². The van der Waals surface area contributed by atoms with Gasteiger partial charge in [-0.1, -0.05) is 0 Å². The van der Waals surface area contributed by atoms with Gasteiger partial charge in [0.2, 0.25) is 0 Å². The van der Waals surface area contributed by atoms with E-state index in [1.54, 1.807) is 24.5 Å². The predicted octanol–water partition coefficient (Wildman–Crippen LogP) is 4.26. The van der Waals surface area contributed by atoms with Crippen molar-refractivity contribution in [2.24, 2.45) is 5.92 Å². The largest absolute Gasteiger partial charge is 0.478 e. The number of hydrogen-bond donors (Lipinski definition) is 1. The molecule has 2 aromatic rings. The van der Waals surface area contributed by atoms with Gasteiger partial charge in [-0.15, -0.1) is 0 Å². The summed E-state index contributed by atoms with van der Waals surface area (Å²) in [5.74, 6) is -0.664. The van der Waals surface area contributed by atoms with Crippen LogP contribution in [-0.2, 0) is 17.8 Å². The van der Waals surface area contributed by atoms with Gasteiger partial charge < -0.3 is 14.7 Å². The lowest BCUT2D eigenvalue weighted by Crippen LogP contribution is -2.40. The first-order valence-electron chi connectivity index (χ1n) is 10.7. The molecule has 172 valence electrons. The predicted molar refractivity (Wildman–Crippen MR) is 113 cm³/mol. The number of carbonyl (C=O) groups is 1. The number of benzene rings is 1. The summed E-state index contributed by atoms with van der Waals surface area (Å²) in [7, 11) is 0. The van der Waals surface area contributed by atoms with Crippen molar-refractivity contribution < 1.29 is 27.8 Å². The monoisotopic (exact) mass is 449 g/mol. The second kappa shape index (κ2) is 9.46. The summed E-state index contributed by atoms with van der Waals surface area (Å²) < 4.78 is 43.4. The van der Waals surface area contributed by atoms with Crippen LogP contribution in [0.2, 0.25) is 0 Å². The molecule has 3 heterocycles. The van der Waals surface area contributed by atoms with Crippen molar-refractivity contribution in [1.82, 2.24) is 9.88 Å². The molecule has 2 aliphatic rings. The summed E-state index contributed by atoms with van der Waals surface area (Å²) in [5, 5.41) is 9.18. The number of rotatable bonds is 7. The van der Waals surface area contributed by atoms with Gasteiger partial charge in [0.05, 0.1) is 30.6 Å². The molecule has 2 aliphatic heterocycles. The third-order valence-electron chi connectivity index (χ3n) is 6.05. The molecule has 1 N–H and O–H groups in total. The Morgan fingerprint density at radius 2 is 1.94 bits per heavy atom. The van der Waals surface area contributed by atoms with E-state index >= 15 is 0 Å². The lowest BCUT2D eigenvalue weighted by molar-refractivity contribution is -0.149. The van der Waals surface area contributed by atoms with Gasteiger partial charge >= 0.3 is 12.1 Å². The first-order chi connectivity index (χ1) is 15.3. The molecule has 1 aromatic carbocycles.